The van der Waals surface area contributed by atoms with Gasteiger partial charge in [0.05, 0.1) is 0 Å². The Bertz CT molecular complexity index is 88.4. The van der Waals surface area contributed by atoms with E-state index >= 15 is 0 Å². The predicted octanol–water partition coefficient (Wildman–Crippen LogP) is 2.19. The molecule has 0 amide bonds. The molecule has 72 valence electrons. The van der Waals surface area contributed by atoms with Crippen LogP contribution in [0.5, 0.6) is 0 Å². The first-order valence-corrected chi connectivity index (χ1v) is 5.15. The van der Waals surface area contributed by atoms with Crippen molar-refractivity contribution in [1.82, 2.24) is 0 Å². The SMILES string of the molecule is C1CCC2CCCCC2C1.[O-]O. The monoisotopic (exact) mass is 171 g/mol. The highest BCUT2D eigenvalue weighted by Crippen LogP contribution is 2.39. The zero-order valence-electron chi connectivity index (χ0n) is 7.67. The fraction of sp³-hybridized carbons (Fsp3) is 1.00. The van der Waals surface area contributed by atoms with Crippen molar-refractivity contribution in [2.75, 3.05) is 0 Å². The summed E-state index contributed by atoms with van der Waals surface area (Å²) >= 11 is 0. The first kappa shape index (κ1) is 10.0. The van der Waals surface area contributed by atoms with Crippen LogP contribution in [0.25, 0.3) is 0 Å². The molecule has 2 saturated carbocycles. The van der Waals surface area contributed by atoms with Crippen LogP contribution in [0.15, 0.2) is 0 Å². The van der Waals surface area contributed by atoms with Crippen molar-refractivity contribution in [3.05, 3.63) is 0 Å². The van der Waals surface area contributed by atoms with E-state index in [0.717, 1.165) is 11.8 Å². The van der Waals surface area contributed by atoms with Gasteiger partial charge in [-0.1, -0.05) is 51.4 Å². The molecule has 0 bridgehead atoms. The van der Waals surface area contributed by atoms with Gasteiger partial charge in [-0.3, -0.25) is 0 Å². The van der Waals surface area contributed by atoms with Crippen molar-refractivity contribution in [2.45, 2.75) is 51.4 Å². The van der Waals surface area contributed by atoms with E-state index in [-0.39, 0.29) is 0 Å². The van der Waals surface area contributed by atoms with E-state index in [9.17, 15) is 0 Å². The molecule has 2 aliphatic rings. The average Bonchev–Trinajstić information content (AvgIpc) is 2.21. The highest BCUT2D eigenvalue weighted by atomic mass is 17.0. The quantitative estimate of drug-likeness (QED) is 0.448. The van der Waals surface area contributed by atoms with Crippen LogP contribution >= 0.6 is 0 Å². The Labute approximate surface area is 74.5 Å². The molecule has 2 aliphatic carbocycles. The van der Waals surface area contributed by atoms with Crippen molar-refractivity contribution in [2.24, 2.45) is 11.8 Å². The van der Waals surface area contributed by atoms with Crippen molar-refractivity contribution >= 4 is 0 Å². The van der Waals surface area contributed by atoms with Gasteiger partial charge in [0.2, 0.25) is 0 Å². The molecule has 0 aromatic heterocycles. The smallest absolute Gasteiger partial charge is 0.0386 e. The summed E-state index contributed by atoms with van der Waals surface area (Å²) in [6.45, 7) is 0. The maximum Gasteiger partial charge on any atom is -0.0386 e. The van der Waals surface area contributed by atoms with Crippen LogP contribution in [-0.2, 0) is 0 Å². The van der Waals surface area contributed by atoms with Gasteiger partial charge < -0.3 is 10.5 Å². The Morgan fingerprint density at radius 3 is 1.17 bits per heavy atom. The van der Waals surface area contributed by atoms with Gasteiger partial charge in [0.15, 0.2) is 0 Å². The number of fused-ring (bicyclic) bond motifs is 1. The fourth-order valence-corrected chi connectivity index (χ4v) is 2.86. The van der Waals surface area contributed by atoms with E-state index in [2.05, 4.69) is 0 Å². The minimum atomic E-state index is 1.16. The van der Waals surface area contributed by atoms with E-state index in [0.29, 0.717) is 0 Å². The fourth-order valence-electron chi connectivity index (χ4n) is 2.86. The second-order valence-corrected chi connectivity index (χ2v) is 4.09. The molecule has 0 unspecified atom stereocenters. The van der Waals surface area contributed by atoms with Crippen molar-refractivity contribution in [3.63, 3.8) is 0 Å². The summed E-state index contributed by atoms with van der Waals surface area (Å²) in [5.41, 5.74) is 0. The predicted molar refractivity (Wildman–Crippen MR) is 46.5 cm³/mol. The molecular weight excluding hydrogens is 152 g/mol. The third-order valence-electron chi connectivity index (χ3n) is 3.47. The lowest BCUT2D eigenvalue weighted by molar-refractivity contribution is -0.670. The first-order valence-electron chi connectivity index (χ1n) is 5.15. The second kappa shape index (κ2) is 5.55. The van der Waals surface area contributed by atoms with E-state index < -0.39 is 0 Å². The normalized spacial score (nSPS) is 34.5. The van der Waals surface area contributed by atoms with Crippen molar-refractivity contribution in [3.8, 4) is 0 Å². The lowest BCUT2D eigenvalue weighted by Gasteiger charge is -2.35. The number of hydrogen-bond donors (Lipinski definition) is 1. The molecule has 0 spiro atoms. The van der Waals surface area contributed by atoms with Gasteiger partial charge in [-0.05, 0) is 11.8 Å². The molecule has 2 nitrogen and oxygen atoms in total. The van der Waals surface area contributed by atoms with Crippen molar-refractivity contribution in [1.29, 1.82) is 0 Å². The van der Waals surface area contributed by atoms with Gasteiger partial charge in [-0.25, -0.2) is 0 Å². The molecule has 0 aromatic carbocycles. The summed E-state index contributed by atoms with van der Waals surface area (Å²) in [7, 11) is 0. The molecule has 1 N–H and O–H groups in total. The van der Waals surface area contributed by atoms with Gasteiger partial charge in [0.25, 0.3) is 0 Å². The number of rotatable bonds is 0. The van der Waals surface area contributed by atoms with Crippen LogP contribution in [0.1, 0.15) is 51.4 Å². The maximum absolute atomic E-state index is 7.25. The van der Waals surface area contributed by atoms with Crippen molar-refractivity contribution < 1.29 is 10.5 Å². The molecule has 2 heteroatoms. The summed E-state index contributed by atoms with van der Waals surface area (Å²) in [6, 6.07) is 0. The highest BCUT2D eigenvalue weighted by molar-refractivity contribution is 4.78. The second-order valence-electron chi connectivity index (χ2n) is 4.09. The number of hydrogen-bond acceptors (Lipinski definition) is 2. The summed E-state index contributed by atoms with van der Waals surface area (Å²) in [4.78, 5) is 0. The Hall–Kier alpha value is -0.0800. The van der Waals surface area contributed by atoms with Crippen LogP contribution in [0, 0.1) is 11.8 Å². The Balaban J connectivity index is 0.000000336. The van der Waals surface area contributed by atoms with E-state index in [1.807, 2.05) is 0 Å². The summed E-state index contributed by atoms with van der Waals surface area (Å²) in [5, 5.41) is 13.0. The first-order chi connectivity index (χ1) is 5.97. The molecule has 2 rings (SSSR count). The molecule has 0 aromatic rings. The summed E-state index contributed by atoms with van der Waals surface area (Å²) in [6.07, 6.45) is 12.4. The lowest BCUT2D eigenvalue weighted by atomic mass is 9.71. The van der Waals surface area contributed by atoms with Crippen LogP contribution in [0.3, 0.4) is 0 Å². The largest absolute Gasteiger partial charge is 0.727 e. The third-order valence-corrected chi connectivity index (χ3v) is 3.47. The van der Waals surface area contributed by atoms with Crippen LogP contribution in [0.2, 0.25) is 0 Å². The highest BCUT2D eigenvalue weighted by Gasteiger charge is 2.26. The standard InChI is InChI=1S/C10H18.H2O2/c1-2-6-10-8-4-3-7-9(10)5-1;1-2/h9-10H,1-8H2;1-2H/p-1. The average molecular weight is 171 g/mol. The molecule has 12 heavy (non-hydrogen) atoms. The molecule has 2 fully saturated rings. The maximum atomic E-state index is 7.25. The summed E-state index contributed by atoms with van der Waals surface area (Å²) < 4.78 is 0. The van der Waals surface area contributed by atoms with Gasteiger partial charge in [0, 0.05) is 0 Å². The Kier molecular flexibility index (Phi) is 4.62. The lowest BCUT2D eigenvalue weighted by Crippen LogP contribution is -2.22. The third kappa shape index (κ3) is 2.46. The van der Waals surface area contributed by atoms with E-state index in [4.69, 9.17) is 10.5 Å². The van der Waals surface area contributed by atoms with E-state index in [1.165, 1.54) is 25.7 Å². The van der Waals surface area contributed by atoms with Crippen LogP contribution < -0.4 is 5.26 Å². The molecule has 0 heterocycles. The minimum absolute atomic E-state index is 1.16. The van der Waals surface area contributed by atoms with Crippen LogP contribution in [-0.4, -0.2) is 5.26 Å². The van der Waals surface area contributed by atoms with Gasteiger partial charge in [-0.2, -0.15) is 0 Å². The molecule has 0 aliphatic heterocycles. The Morgan fingerprint density at radius 2 is 0.917 bits per heavy atom. The zero-order chi connectivity index (χ0) is 8.81. The van der Waals surface area contributed by atoms with E-state index in [1.54, 1.807) is 25.7 Å². The topological polar surface area (TPSA) is 43.3 Å². The molecule has 0 radical (unpaired) electrons. The zero-order valence-corrected chi connectivity index (χ0v) is 7.67. The molecule has 0 saturated heterocycles. The van der Waals surface area contributed by atoms with Gasteiger partial charge in [-0.15, -0.1) is 0 Å². The van der Waals surface area contributed by atoms with Gasteiger partial charge >= 0.3 is 0 Å². The molecular formula is C10H19O2-. The molecule has 0 atom stereocenters. The minimum Gasteiger partial charge on any atom is -0.727 e. The van der Waals surface area contributed by atoms with Gasteiger partial charge in [0.1, 0.15) is 0 Å². The summed E-state index contributed by atoms with van der Waals surface area (Å²) in [5.74, 6) is 2.31. The Morgan fingerprint density at radius 1 is 0.667 bits per heavy atom. The van der Waals surface area contributed by atoms with Crippen LogP contribution in [0.4, 0.5) is 0 Å².